The Bertz CT molecular complexity index is 682. The fourth-order valence-corrected chi connectivity index (χ4v) is 2.30. The highest BCUT2D eigenvalue weighted by Gasteiger charge is 2.34. The largest absolute Gasteiger partial charge is 0.419 e. The molecule has 1 heterocycles. The van der Waals surface area contributed by atoms with Crippen LogP contribution in [0.5, 0.6) is 0 Å². The van der Waals surface area contributed by atoms with Gasteiger partial charge in [0.25, 0.3) is 0 Å². The number of rotatable bonds is 3. The summed E-state index contributed by atoms with van der Waals surface area (Å²) in [5.74, 6) is -1.33. The minimum absolute atomic E-state index is 0.292. The van der Waals surface area contributed by atoms with Crippen molar-refractivity contribution < 1.29 is 22.7 Å². The molecule has 0 aliphatic carbocycles. The Morgan fingerprint density at radius 2 is 1.91 bits per heavy atom. The van der Waals surface area contributed by atoms with Gasteiger partial charge in [-0.2, -0.15) is 13.2 Å². The maximum Gasteiger partial charge on any atom is 0.419 e. The maximum absolute atomic E-state index is 13.7. The van der Waals surface area contributed by atoms with Gasteiger partial charge in [-0.1, -0.05) is 13.0 Å². The zero-order valence-corrected chi connectivity index (χ0v) is 12.1. The fourth-order valence-electron chi connectivity index (χ4n) is 2.30. The molecule has 1 atom stereocenters. The second kappa shape index (κ2) is 6.04. The van der Waals surface area contributed by atoms with Crippen LogP contribution in [0.2, 0.25) is 0 Å². The maximum atomic E-state index is 13.7. The van der Waals surface area contributed by atoms with Gasteiger partial charge in [0.2, 0.25) is 0 Å². The molecule has 118 valence electrons. The first kappa shape index (κ1) is 16.4. The Kier molecular flexibility index (Phi) is 4.51. The monoisotopic (exact) mass is 313 g/mol. The van der Waals surface area contributed by atoms with Crippen LogP contribution in [0.15, 0.2) is 30.6 Å². The van der Waals surface area contributed by atoms with E-state index < -0.39 is 23.7 Å². The van der Waals surface area contributed by atoms with E-state index in [-0.39, 0.29) is 0 Å². The molecule has 1 unspecified atom stereocenters. The molecule has 0 amide bonds. The van der Waals surface area contributed by atoms with Crippen molar-refractivity contribution in [2.75, 3.05) is 0 Å². The van der Waals surface area contributed by atoms with E-state index in [9.17, 15) is 22.7 Å². The molecule has 22 heavy (non-hydrogen) atoms. The highest BCUT2D eigenvalue weighted by molar-refractivity contribution is 5.68. The summed E-state index contributed by atoms with van der Waals surface area (Å²) in [5, 5.41) is 9.92. The zero-order chi connectivity index (χ0) is 16.5. The van der Waals surface area contributed by atoms with Crippen molar-refractivity contribution in [3.8, 4) is 11.1 Å². The van der Waals surface area contributed by atoms with Crippen LogP contribution in [0.4, 0.5) is 17.6 Å². The first-order valence-electron chi connectivity index (χ1n) is 6.75. The predicted molar refractivity (Wildman–Crippen MR) is 74.6 cm³/mol. The molecule has 0 spiro atoms. The highest BCUT2D eigenvalue weighted by atomic mass is 19.4. The highest BCUT2D eigenvalue weighted by Crippen LogP contribution is 2.35. The summed E-state index contributed by atoms with van der Waals surface area (Å²) in [7, 11) is 0. The van der Waals surface area contributed by atoms with Gasteiger partial charge >= 0.3 is 6.18 Å². The average molecular weight is 313 g/mol. The summed E-state index contributed by atoms with van der Waals surface area (Å²) in [6.45, 7) is 3.52. The molecule has 0 radical (unpaired) electrons. The summed E-state index contributed by atoms with van der Waals surface area (Å²) in [4.78, 5) is 3.99. The van der Waals surface area contributed by atoms with E-state index in [1.165, 1.54) is 18.5 Å². The number of pyridine rings is 1. The quantitative estimate of drug-likeness (QED) is 0.836. The predicted octanol–water partition coefficient (Wildman–Crippen LogP) is 4.66. The van der Waals surface area contributed by atoms with Crippen molar-refractivity contribution in [3.63, 3.8) is 0 Å². The number of aliphatic hydroxyl groups is 1. The second-order valence-electron chi connectivity index (χ2n) is 5.02. The zero-order valence-electron chi connectivity index (χ0n) is 12.1. The number of hydrogen-bond donors (Lipinski definition) is 1. The van der Waals surface area contributed by atoms with Gasteiger partial charge in [-0.15, -0.1) is 0 Å². The Balaban J connectivity index is 2.52. The van der Waals surface area contributed by atoms with Crippen LogP contribution in [0, 0.1) is 12.7 Å². The van der Waals surface area contributed by atoms with Gasteiger partial charge in [0.15, 0.2) is 0 Å². The first-order valence-corrected chi connectivity index (χ1v) is 6.75. The fraction of sp³-hybridized carbons (Fsp3) is 0.312. The van der Waals surface area contributed by atoms with Gasteiger partial charge in [0.05, 0.1) is 11.7 Å². The topological polar surface area (TPSA) is 33.1 Å². The average Bonchev–Trinajstić information content (AvgIpc) is 2.45. The third kappa shape index (κ3) is 3.11. The van der Waals surface area contributed by atoms with Crippen LogP contribution >= 0.6 is 0 Å². The molecule has 0 saturated heterocycles. The van der Waals surface area contributed by atoms with Gasteiger partial charge in [0, 0.05) is 23.5 Å². The lowest BCUT2D eigenvalue weighted by Gasteiger charge is -2.15. The third-order valence-corrected chi connectivity index (χ3v) is 3.59. The number of aliphatic hydroxyl groups excluding tert-OH is 1. The molecular formula is C16H15F4NO. The molecular weight excluding hydrogens is 298 g/mol. The lowest BCUT2D eigenvalue weighted by Crippen LogP contribution is -2.08. The minimum Gasteiger partial charge on any atom is -0.388 e. The van der Waals surface area contributed by atoms with Crippen molar-refractivity contribution in [2.45, 2.75) is 32.5 Å². The van der Waals surface area contributed by atoms with Crippen molar-refractivity contribution in [3.05, 3.63) is 53.1 Å². The van der Waals surface area contributed by atoms with Gasteiger partial charge in [-0.25, -0.2) is 4.39 Å². The van der Waals surface area contributed by atoms with Gasteiger partial charge in [-0.05, 0) is 36.6 Å². The number of nitrogens with zero attached hydrogens (tertiary/aromatic N) is 1. The minimum atomic E-state index is -4.73. The second-order valence-corrected chi connectivity index (χ2v) is 5.02. The van der Waals surface area contributed by atoms with Crippen molar-refractivity contribution in [1.82, 2.24) is 4.98 Å². The van der Waals surface area contributed by atoms with Crippen LogP contribution < -0.4 is 0 Å². The van der Waals surface area contributed by atoms with Crippen LogP contribution in [0.25, 0.3) is 11.1 Å². The Morgan fingerprint density at radius 1 is 1.23 bits per heavy atom. The standard InChI is InChI=1S/C16H15F4NO/c1-3-15(22)12-8-21-7-11(9(12)2)10-4-5-13(14(17)6-10)16(18,19)20/h4-8,15,22H,3H2,1-2H3. The number of halogens is 4. The van der Waals surface area contributed by atoms with Crippen molar-refractivity contribution in [2.24, 2.45) is 0 Å². The molecule has 2 nitrogen and oxygen atoms in total. The normalized spacial score (nSPS) is 13.2. The van der Waals surface area contributed by atoms with Crippen LogP contribution in [0.1, 0.15) is 36.1 Å². The summed E-state index contributed by atoms with van der Waals surface area (Å²) < 4.78 is 51.5. The number of alkyl halides is 3. The summed E-state index contributed by atoms with van der Waals surface area (Å²) in [5.41, 5.74) is 0.744. The SMILES string of the molecule is CCC(O)c1cncc(-c2ccc(C(F)(F)F)c(F)c2)c1C. The van der Waals surface area contributed by atoms with Crippen LogP contribution in [-0.2, 0) is 6.18 Å². The lowest BCUT2D eigenvalue weighted by atomic mass is 9.95. The molecule has 0 fully saturated rings. The van der Waals surface area contributed by atoms with Gasteiger partial charge < -0.3 is 5.11 Å². The third-order valence-electron chi connectivity index (χ3n) is 3.59. The molecule has 2 rings (SSSR count). The molecule has 1 aromatic carbocycles. The van der Waals surface area contributed by atoms with Gasteiger partial charge in [0.1, 0.15) is 5.82 Å². The number of aromatic nitrogens is 1. The van der Waals surface area contributed by atoms with Crippen molar-refractivity contribution in [1.29, 1.82) is 0 Å². The summed E-state index contributed by atoms with van der Waals surface area (Å²) >= 11 is 0. The summed E-state index contributed by atoms with van der Waals surface area (Å²) in [6, 6.07) is 2.76. The van der Waals surface area contributed by atoms with Crippen LogP contribution in [-0.4, -0.2) is 10.1 Å². The lowest BCUT2D eigenvalue weighted by molar-refractivity contribution is -0.139. The van der Waals surface area contributed by atoms with E-state index in [1.54, 1.807) is 13.8 Å². The van der Waals surface area contributed by atoms with E-state index >= 15 is 0 Å². The van der Waals surface area contributed by atoms with E-state index in [0.717, 1.165) is 6.07 Å². The van der Waals surface area contributed by atoms with Gasteiger partial charge in [-0.3, -0.25) is 4.98 Å². The molecule has 0 aliphatic rings. The molecule has 1 N–H and O–H groups in total. The Labute approximate surface area is 125 Å². The number of hydrogen-bond acceptors (Lipinski definition) is 2. The van der Waals surface area contributed by atoms with Crippen molar-refractivity contribution >= 4 is 0 Å². The molecule has 0 aliphatic heterocycles. The van der Waals surface area contributed by atoms with Crippen LogP contribution in [0.3, 0.4) is 0 Å². The summed E-state index contributed by atoms with van der Waals surface area (Å²) in [6.07, 6.45) is -2.01. The first-order chi connectivity index (χ1) is 10.3. The van der Waals surface area contributed by atoms with E-state index in [2.05, 4.69) is 4.98 Å². The Morgan fingerprint density at radius 3 is 2.45 bits per heavy atom. The molecule has 6 heteroatoms. The Hall–Kier alpha value is -1.95. The molecule has 0 saturated carbocycles. The smallest absolute Gasteiger partial charge is 0.388 e. The van der Waals surface area contributed by atoms with E-state index in [0.29, 0.717) is 34.7 Å². The van der Waals surface area contributed by atoms with E-state index in [4.69, 9.17) is 0 Å². The molecule has 2 aromatic rings. The number of benzene rings is 1. The molecule has 0 bridgehead atoms. The van der Waals surface area contributed by atoms with E-state index in [1.807, 2.05) is 0 Å². The molecule has 1 aromatic heterocycles.